The maximum Gasteiger partial charge on any atom is 0.329 e. The summed E-state index contributed by atoms with van der Waals surface area (Å²) in [5, 5.41) is 21.1. The second kappa shape index (κ2) is 7.30. The van der Waals surface area contributed by atoms with Crippen LogP contribution in [0.4, 0.5) is 4.79 Å². The second-order valence-electron chi connectivity index (χ2n) is 4.97. The Kier molecular flexibility index (Phi) is 6.04. The van der Waals surface area contributed by atoms with Crippen LogP contribution in [0.1, 0.15) is 25.7 Å². The van der Waals surface area contributed by atoms with Crippen molar-refractivity contribution >= 4 is 12.0 Å². The maximum atomic E-state index is 11.7. The van der Waals surface area contributed by atoms with Crippen LogP contribution in [0, 0.1) is 0 Å². The standard InChI is InChI=1S/C12H22N2O5/c1-14(9-12(18)4-2-3-5-12)11(17)13-6-7-19-8-10(15)16/h18H,2-9H2,1H3,(H,13,17)(H,15,16). The molecule has 7 nitrogen and oxygen atoms in total. The van der Waals surface area contributed by atoms with Crippen LogP contribution in [-0.2, 0) is 9.53 Å². The molecule has 7 heteroatoms. The molecule has 0 aromatic heterocycles. The number of nitrogens with zero attached hydrogens (tertiary/aromatic N) is 1. The van der Waals surface area contributed by atoms with Gasteiger partial charge in [-0.15, -0.1) is 0 Å². The van der Waals surface area contributed by atoms with Gasteiger partial charge in [0, 0.05) is 13.6 Å². The van der Waals surface area contributed by atoms with Crippen molar-refractivity contribution in [3.8, 4) is 0 Å². The molecule has 0 unspecified atom stereocenters. The van der Waals surface area contributed by atoms with Gasteiger partial charge in [0.15, 0.2) is 0 Å². The summed E-state index contributed by atoms with van der Waals surface area (Å²) in [6.07, 6.45) is 3.45. The fourth-order valence-electron chi connectivity index (χ4n) is 2.23. The van der Waals surface area contributed by atoms with E-state index < -0.39 is 11.6 Å². The number of carbonyl (C=O) groups excluding carboxylic acids is 1. The molecule has 0 bridgehead atoms. The summed E-state index contributed by atoms with van der Waals surface area (Å²) in [4.78, 5) is 23.3. The normalized spacial score (nSPS) is 17.2. The van der Waals surface area contributed by atoms with Crippen molar-refractivity contribution < 1.29 is 24.5 Å². The fourth-order valence-corrected chi connectivity index (χ4v) is 2.23. The number of hydrogen-bond acceptors (Lipinski definition) is 4. The van der Waals surface area contributed by atoms with Crippen molar-refractivity contribution in [1.82, 2.24) is 10.2 Å². The average Bonchev–Trinajstić information content (AvgIpc) is 2.74. The molecule has 0 aromatic carbocycles. The molecule has 1 rings (SSSR count). The maximum absolute atomic E-state index is 11.7. The number of aliphatic carboxylic acids is 1. The summed E-state index contributed by atoms with van der Waals surface area (Å²) in [5.74, 6) is -1.04. The number of carboxylic acids is 1. The van der Waals surface area contributed by atoms with Crippen molar-refractivity contribution in [3.63, 3.8) is 0 Å². The molecule has 110 valence electrons. The molecule has 0 saturated heterocycles. The smallest absolute Gasteiger partial charge is 0.329 e. The largest absolute Gasteiger partial charge is 0.480 e. The summed E-state index contributed by atoms with van der Waals surface area (Å²) in [5.41, 5.74) is -0.758. The van der Waals surface area contributed by atoms with E-state index in [1.165, 1.54) is 4.90 Å². The Hall–Kier alpha value is -1.34. The molecular weight excluding hydrogens is 252 g/mol. The topological polar surface area (TPSA) is 99.1 Å². The van der Waals surface area contributed by atoms with Crippen LogP contribution in [-0.4, -0.2) is 66.1 Å². The highest BCUT2D eigenvalue weighted by Crippen LogP contribution is 2.29. The molecule has 1 aliphatic rings. The van der Waals surface area contributed by atoms with Crippen molar-refractivity contribution in [2.75, 3.05) is 33.4 Å². The first kappa shape index (κ1) is 15.7. The zero-order valence-corrected chi connectivity index (χ0v) is 11.2. The third kappa shape index (κ3) is 5.89. The van der Waals surface area contributed by atoms with Crippen molar-refractivity contribution in [1.29, 1.82) is 0 Å². The van der Waals surface area contributed by atoms with E-state index >= 15 is 0 Å². The zero-order valence-electron chi connectivity index (χ0n) is 11.2. The first-order chi connectivity index (χ1) is 8.93. The minimum Gasteiger partial charge on any atom is -0.480 e. The molecule has 1 fully saturated rings. The number of rotatable bonds is 7. The molecule has 1 saturated carbocycles. The lowest BCUT2D eigenvalue weighted by atomic mass is 10.0. The van der Waals surface area contributed by atoms with Gasteiger partial charge < -0.3 is 25.2 Å². The van der Waals surface area contributed by atoms with Crippen molar-refractivity contribution in [3.05, 3.63) is 0 Å². The lowest BCUT2D eigenvalue weighted by Crippen LogP contribution is -2.46. The number of urea groups is 1. The number of carboxylic acid groups (broad SMARTS) is 1. The highest BCUT2D eigenvalue weighted by Gasteiger charge is 2.33. The Morgan fingerprint density at radius 2 is 2.00 bits per heavy atom. The van der Waals surface area contributed by atoms with Gasteiger partial charge in [-0.1, -0.05) is 12.8 Å². The van der Waals surface area contributed by atoms with Crippen LogP contribution in [0.15, 0.2) is 0 Å². The van der Waals surface area contributed by atoms with Crippen LogP contribution in [0.25, 0.3) is 0 Å². The monoisotopic (exact) mass is 274 g/mol. The number of ether oxygens (including phenoxy) is 1. The molecule has 19 heavy (non-hydrogen) atoms. The molecule has 0 heterocycles. The van der Waals surface area contributed by atoms with Gasteiger partial charge >= 0.3 is 12.0 Å². The Morgan fingerprint density at radius 3 is 2.58 bits per heavy atom. The average molecular weight is 274 g/mol. The lowest BCUT2D eigenvalue weighted by Gasteiger charge is -2.28. The van der Waals surface area contributed by atoms with Gasteiger partial charge in [-0.25, -0.2) is 9.59 Å². The summed E-state index contributed by atoms with van der Waals surface area (Å²) < 4.78 is 4.80. The number of hydrogen-bond donors (Lipinski definition) is 3. The molecule has 0 aromatic rings. The quantitative estimate of drug-likeness (QED) is 0.569. The van der Waals surface area contributed by atoms with Gasteiger partial charge in [0.25, 0.3) is 0 Å². The van der Waals surface area contributed by atoms with E-state index in [0.717, 1.165) is 25.7 Å². The molecule has 0 atom stereocenters. The highest BCUT2D eigenvalue weighted by molar-refractivity contribution is 5.73. The van der Waals surface area contributed by atoms with Crippen LogP contribution < -0.4 is 5.32 Å². The van der Waals surface area contributed by atoms with E-state index in [9.17, 15) is 14.7 Å². The summed E-state index contributed by atoms with van der Waals surface area (Å²) in [6, 6.07) is -0.292. The van der Waals surface area contributed by atoms with E-state index in [2.05, 4.69) is 5.32 Å². The summed E-state index contributed by atoms with van der Waals surface area (Å²) in [7, 11) is 1.63. The zero-order chi connectivity index (χ0) is 14.3. The number of nitrogens with one attached hydrogen (secondary N) is 1. The van der Waals surface area contributed by atoms with Crippen LogP contribution >= 0.6 is 0 Å². The molecule has 3 N–H and O–H groups in total. The first-order valence-corrected chi connectivity index (χ1v) is 6.44. The second-order valence-corrected chi connectivity index (χ2v) is 4.97. The highest BCUT2D eigenvalue weighted by atomic mass is 16.5. The summed E-state index contributed by atoms with van der Waals surface area (Å²) >= 11 is 0. The Morgan fingerprint density at radius 1 is 1.37 bits per heavy atom. The van der Waals surface area contributed by atoms with Gasteiger partial charge in [0.2, 0.25) is 0 Å². The SMILES string of the molecule is CN(CC1(O)CCCC1)C(=O)NCCOCC(=O)O. The lowest BCUT2D eigenvalue weighted by molar-refractivity contribution is -0.142. The van der Waals surface area contributed by atoms with Gasteiger partial charge in [-0.3, -0.25) is 0 Å². The third-order valence-electron chi connectivity index (χ3n) is 3.16. The molecule has 2 amide bonds. The predicted molar refractivity (Wildman–Crippen MR) is 67.9 cm³/mol. The van der Waals surface area contributed by atoms with E-state index in [-0.39, 0.29) is 25.8 Å². The van der Waals surface area contributed by atoms with Crippen LogP contribution in [0.2, 0.25) is 0 Å². The van der Waals surface area contributed by atoms with E-state index in [0.29, 0.717) is 6.54 Å². The number of amides is 2. The van der Waals surface area contributed by atoms with Crippen molar-refractivity contribution in [2.24, 2.45) is 0 Å². The number of likely N-dealkylation sites (N-methyl/N-ethyl adjacent to an activating group) is 1. The van der Waals surface area contributed by atoms with Crippen LogP contribution in [0.3, 0.4) is 0 Å². The molecule has 0 aliphatic heterocycles. The third-order valence-corrected chi connectivity index (χ3v) is 3.16. The molecular formula is C12H22N2O5. The van der Waals surface area contributed by atoms with E-state index in [1.807, 2.05) is 0 Å². The molecule has 0 radical (unpaired) electrons. The molecule has 0 spiro atoms. The van der Waals surface area contributed by atoms with Gasteiger partial charge in [-0.2, -0.15) is 0 Å². The van der Waals surface area contributed by atoms with Crippen LogP contribution in [0.5, 0.6) is 0 Å². The first-order valence-electron chi connectivity index (χ1n) is 6.44. The predicted octanol–water partition coefficient (Wildman–Crippen LogP) is 0.0341. The van der Waals surface area contributed by atoms with Crippen molar-refractivity contribution in [2.45, 2.75) is 31.3 Å². The Balaban J connectivity index is 2.16. The number of carbonyl (C=O) groups is 2. The van der Waals surface area contributed by atoms with Gasteiger partial charge in [0.05, 0.1) is 18.8 Å². The number of aliphatic hydroxyl groups is 1. The fraction of sp³-hybridized carbons (Fsp3) is 0.833. The Bertz CT molecular complexity index is 315. The van der Waals surface area contributed by atoms with E-state index in [4.69, 9.17) is 9.84 Å². The van der Waals surface area contributed by atoms with E-state index in [1.54, 1.807) is 7.05 Å². The molecule has 1 aliphatic carbocycles. The minimum atomic E-state index is -1.04. The summed E-state index contributed by atoms with van der Waals surface area (Å²) in [6.45, 7) is 0.339. The Labute approximate surface area is 112 Å². The van der Waals surface area contributed by atoms with Gasteiger partial charge in [-0.05, 0) is 12.8 Å². The van der Waals surface area contributed by atoms with Gasteiger partial charge in [0.1, 0.15) is 6.61 Å². The minimum absolute atomic E-state index is 0.149.